The van der Waals surface area contributed by atoms with Crippen molar-refractivity contribution >= 4 is 6.03 Å². The van der Waals surface area contributed by atoms with Gasteiger partial charge in [0.25, 0.3) is 0 Å². The maximum Gasteiger partial charge on any atom is 0.317 e. The van der Waals surface area contributed by atoms with Crippen molar-refractivity contribution in [2.45, 2.75) is 33.4 Å². The van der Waals surface area contributed by atoms with E-state index in [2.05, 4.69) is 36.6 Å². The first-order valence-electron chi connectivity index (χ1n) is 10.6. The topological polar surface area (TPSA) is 53.6 Å². The van der Waals surface area contributed by atoms with Gasteiger partial charge in [-0.3, -0.25) is 0 Å². The highest BCUT2D eigenvalue weighted by Gasteiger charge is 2.21. The van der Waals surface area contributed by atoms with Crippen LogP contribution in [0.1, 0.15) is 31.4 Å². The van der Waals surface area contributed by atoms with E-state index in [1.807, 2.05) is 47.4 Å². The average molecular weight is 396 g/mol. The van der Waals surface area contributed by atoms with Gasteiger partial charge in [-0.2, -0.15) is 0 Å². The molecule has 1 aliphatic heterocycles. The molecule has 0 bridgehead atoms. The van der Waals surface area contributed by atoms with Crippen molar-refractivity contribution in [1.82, 2.24) is 15.5 Å². The highest BCUT2D eigenvalue weighted by Crippen LogP contribution is 2.15. The summed E-state index contributed by atoms with van der Waals surface area (Å²) in [5.41, 5.74) is 2.22. The third kappa shape index (κ3) is 7.09. The summed E-state index contributed by atoms with van der Waals surface area (Å²) in [7, 11) is 0. The maximum absolute atomic E-state index is 12.9. The summed E-state index contributed by atoms with van der Waals surface area (Å²) >= 11 is 0. The molecule has 0 saturated carbocycles. The molecular weight excluding hydrogens is 362 g/mol. The second-order valence-corrected chi connectivity index (χ2v) is 8.23. The number of benzene rings is 2. The lowest BCUT2D eigenvalue weighted by Crippen LogP contribution is -2.42. The van der Waals surface area contributed by atoms with E-state index < -0.39 is 0 Å². The summed E-state index contributed by atoms with van der Waals surface area (Å²) in [4.78, 5) is 14.9. The van der Waals surface area contributed by atoms with Crippen LogP contribution < -0.4 is 15.4 Å². The van der Waals surface area contributed by atoms with Gasteiger partial charge in [-0.25, -0.2) is 4.79 Å². The van der Waals surface area contributed by atoms with Gasteiger partial charge in [0.15, 0.2) is 0 Å². The molecule has 0 spiro atoms. The molecule has 0 radical (unpaired) electrons. The van der Waals surface area contributed by atoms with Crippen molar-refractivity contribution in [2.24, 2.45) is 11.8 Å². The number of urea groups is 1. The molecule has 2 amide bonds. The van der Waals surface area contributed by atoms with Gasteiger partial charge in [-0.05, 0) is 54.6 Å². The normalized spacial score (nSPS) is 16.0. The summed E-state index contributed by atoms with van der Waals surface area (Å²) in [6.45, 7) is 8.91. The molecule has 1 heterocycles. The van der Waals surface area contributed by atoms with Gasteiger partial charge in [0, 0.05) is 19.6 Å². The number of nitrogens with zero attached hydrogens (tertiary/aromatic N) is 1. The molecule has 1 saturated heterocycles. The Bertz CT molecular complexity index is 740. The molecule has 1 aliphatic rings. The molecular formula is C24H33N3O2. The molecule has 2 aromatic carbocycles. The predicted octanol–water partition coefficient (Wildman–Crippen LogP) is 4.04. The number of hydrogen-bond acceptors (Lipinski definition) is 3. The number of hydrogen-bond donors (Lipinski definition) is 2. The molecule has 0 aromatic heterocycles. The number of carbonyl (C=O) groups excluding carboxylic acids is 1. The maximum atomic E-state index is 12.9. The smallest absolute Gasteiger partial charge is 0.317 e. The van der Waals surface area contributed by atoms with E-state index in [0.717, 1.165) is 42.9 Å². The summed E-state index contributed by atoms with van der Waals surface area (Å²) < 4.78 is 5.73. The van der Waals surface area contributed by atoms with E-state index in [9.17, 15) is 4.79 Å². The fourth-order valence-electron chi connectivity index (χ4n) is 3.46. The first-order chi connectivity index (χ1) is 14.1. The average Bonchev–Trinajstić information content (AvgIpc) is 3.24. The highest BCUT2D eigenvalue weighted by atomic mass is 16.5. The molecule has 2 N–H and O–H groups in total. The van der Waals surface area contributed by atoms with Gasteiger partial charge < -0.3 is 20.3 Å². The summed E-state index contributed by atoms with van der Waals surface area (Å²) in [5.74, 6) is 1.88. The Balaban J connectivity index is 1.55. The first kappa shape index (κ1) is 21.2. The second-order valence-electron chi connectivity index (χ2n) is 8.23. The molecule has 3 rings (SSSR count). The van der Waals surface area contributed by atoms with Crippen LogP contribution in [0.15, 0.2) is 54.6 Å². The third-order valence-electron chi connectivity index (χ3n) is 5.09. The fourth-order valence-corrected chi connectivity index (χ4v) is 3.46. The van der Waals surface area contributed by atoms with Crippen LogP contribution in [0.5, 0.6) is 5.75 Å². The van der Waals surface area contributed by atoms with Gasteiger partial charge >= 0.3 is 6.03 Å². The number of amides is 2. The van der Waals surface area contributed by atoms with Crippen LogP contribution >= 0.6 is 0 Å². The largest absolute Gasteiger partial charge is 0.493 e. The van der Waals surface area contributed by atoms with Crippen molar-refractivity contribution in [1.29, 1.82) is 0 Å². The Hall–Kier alpha value is -2.53. The Kier molecular flexibility index (Phi) is 7.94. The minimum Gasteiger partial charge on any atom is -0.493 e. The zero-order chi connectivity index (χ0) is 20.5. The second kappa shape index (κ2) is 10.9. The highest BCUT2D eigenvalue weighted by molar-refractivity contribution is 5.74. The first-order valence-corrected chi connectivity index (χ1v) is 10.6. The van der Waals surface area contributed by atoms with Crippen molar-refractivity contribution in [3.05, 3.63) is 65.7 Å². The van der Waals surface area contributed by atoms with Crippen molar-refractivity contribution in [3.8, 4) is 5.75 Å². The van der Waals surface area contributed by atoms with E-state index >= 15 is 0 Å². The Morgan fingerprint density at radius 2 is 1.90 bits per heavy atom. The quantitative estimate of drug-likeness (QED) is 0.674. The molecule has 1 unspecified atom stereocenters. The minimum absolute atomic E-state index is 0.0131. The SMILES string of the molecule is CC(C)COc1ccc(CNC(=O)N(Cc2ccccc2)CC2CCNC2)cc1. The van der Waals surface area contributed by atoms with Gasteiger partial charge in [0.05, 0.1) is 6.61 Å². The minimum atomic E-state index is -0.0131. The lowest BCUT2D eigenvalue weighted by molar-refractivity contribution is 0.185. The van der Waals surface area contributed by atoms with Gasteiger partial charge in [-0.1, -0.05) is 56.3 Å². The molecule has 5 nitrogen and oxygen atoms in total. The monoisotopic (exact) mass is 395 g/mol. The zero-order valence-electron chi connectivity index (χ0n) is 17.6. The van der Waals surface area contributed by atoms with E-state index in [4.69, 9.17) is 4.74 Å². The lowest BCUT2D eigenvalue weighted by Gasteiger charge is -2.26. The molecule has 5 heteroatoms. The summed E-state index contributed by atoms with van der Waals surface area (Å²) in [6.07, 6.45) is 1.12. The third-order valence-corrected chi connectivity index (χ3v) is 5.09. The van der Waals surface area contributed by atoms with Crippen molar-refractivity contribution < 1.29 is 9.53 Å². The molecule has 1 fully saturated rings. The Morgan fingerprint density at radius 3 is 2.55 bits per heavy atom. The number of nitrogens with one attached hydrogen (secondary N) is 2. The molecule has 2 aromatic rings. The van der Waals surface area contributed by atoms with Crippen molar-refractivity contribution in [3.63, 3.8) is 0 Å². The Labute approximate surface area is 174 Å². The Morgan fingerprint density at radius 1 is 1.14 bits per heavy atom. The molecule has 1 atom stereocenters. The number of rotatable bonds is 9. The standard InChI is InChI=1S/C24H33N3O2/c1-19(2)18-29-23-10-8-20(9-11-23)15-26-24(28)27(17-22-12-13-25-14-22)16-21-6-4-3-5-7-21/h3-11,19,22,25H,12-18H2,1-2H3,(H,26,28). The predicted molar refractivity (Wildman–Crippen MR) is 117 cm³/mol. The van der Waals surface area contributed by atoms with Crippen LogP contribution in [-0.4, -0.2) is 37.2 Å². The zero-order valence-corrected chi connectivity index (χ0v) is 17.6. The van der Waals surface area contributed by atoms with Crippen LogP contribution in [0.25, 0.3) is 0 Å². The summed E-state index contributed by atoms with van der Waals surface area (Å²) in [6, 6.07) is 18.1. The van der Waals surface area contributed by atoms with Gasteiger partial charge in [0.1, 0.15) is 5.75 Å². The van der Waals surface area contributed by atoms with Crippen molar-refractivity contribution in [2.75, 3.05) is 26.2 Å². The lowest BCUT2D eigenvalue weighted by atomic mass is 10.1. The summed E-state index contributed by atoms with van der Waals surface area (Å²) in [5, 5.41) is 6.48. The van der Waals surface area contributed by atoms with Crippen LogP contribution in [0.4, 0.5) is 4.79 Å². The van der Waals surface area contributed by atoms with E-state index in [-0.39, 0.29) is 6.03 Å². The van der Waals surface area contributed by atoms with Gasteiger partial charge in [0.2, 0.25) is 0 Å². The molecule has 29 heavy (non-hydrogen) atoms. The number of carbonyl (C=O) groups is 1. The van der Waals surface area contributed by atoms with E-state index in [1.165, 1.54) is 0 Å². The number of ether oxygens (including phenoxy) is 1. The van der Waals surface area contributed by atoms with E-state index in [1.54, 1.807) is 0 Å². The fraction of sp³-hybridized carbons (Fsp3) is 0.458. The van der Waals surface area contributed by atoms with Crippen LogP contribution in [0, 0.1) is 11.8 Å². The van der Waals surface area contributed by atoms with Crippen LogP contribution in [0.3, 0.4) is 0 Å². The van der Waals surface area contributed by atoms with Crippen LogP contribution in [-0.2, 0) is 13.1 Å². The molecule has 156 valence electrons. The van der Waals surface area contributed by atoms with Crippen LogP contribution in [0.2, 0.25) is 0 Å². The van der Waals surface area contributed by atoms with E-state index in [0.29, 0.717) is 31.5 Å². The molecule has 0 aliphatic carbocycles. The van der Waals surface area contributed by atoms with Gasteiger partial charge in [-0.15, -0.1) is 0 Å².